The molecule has 0 N–H and O–H groups in total. The summed E-state index contributed by atoms with van der Waals surface area (Å²) in [5, 5.41) is 7.06. The highest BCUT2D eigenvalue weighted by Crippen LogP contribution is 2.46. The highest BCUT2D eigenvalue weighted by Gasteiger charge is 2.43. The van der Waals surface area contributed by atoms with Crippen molar-refractivity contribution in [3.8, 4) is 34.5 Å². The van der Waals surface area contributed by atoms with Crippen molar-refractivity contribution < 1.29 is 14.2 Å². The Hall–Kier alpha value is -6.38. The molecule has 16 rings (SSSR count). The minimum Gasteiger partial charge on any atom is -0.458 e. The summed E-state index contributed by atoms with van der Waals surface area (Å²) in [6.45, 7) is 0.144. The van der Waals surface area contributed by atoms with Gasteiger partial charge in [0.2, 0.25) is 0 Å². The van der Waals surface area contributed by atoms with Gasteiger partial charge >= 0.3 is 0 Å². The van der Waals surface area contributed by atoms with Crippen LogP contribution in [0.25, 0.3) is 32.3 Å². The monoisotopic (exact) mass is 852 g/mol. The van der Waals surface area contributed by atoms with Crippen LogP contribution >= 0.6 is 35.3 Å². The van der Waals surface area contributed by atoms with Crippen LogP contribution in [0.1, 0.15) is 0 Å². The summed E-state index contributed by atoms with van der Waals surface area (Å²) in [7, 11) is 0. The van der Waals surface area contributed by atoms with Gasteiger partial charge in [0.05, 0.1) is 0 Å². The first-order valence-corrected chi connectivity index (χ1v) is 23.9. The summed E-state index contributed by atoms with van der Waals surface area (Å²) >= 11 is 5.54. The van der Waals surface area contributed by atoms with Crippen molar-refractivity contribution in [3.05, 3.63) is 164 Å². The van der Waals surface area contributed by atoms with Crippen molar-refractivity contribution in [1.29, 1.82) is 0 Å². The molecule has 0 aliphatic carbocycles. The number of rotatable bonds is 0. The number of hydrogen-bond donors (Lipinski definition) is 0. The molecule has 0 spiro atoms. The first kappa shape index (κ1) is 34.2. The summed E-state index contributed by atoms with van der Waals surface area (Å²) in [5.41, 5.74) is 11.4. The zero-order valence-electron chi connectivity index (χ0n) is 33.3. The summed E-state index contributed by atoms with van der Waals surface area (Å²) in [4.78, 5) is 7.67. The van der Waals surface area contributed by atoms with E-state index in [4.69, 9.17) is 14.2 Å². The van der Waals surface area contributed by atoms with Crippen LogP contribution in [0.2, 0.25) is 0 Å². The van der Waals surface area contributed by atoms with Crippen molar-refractivity contribution in [2.75, 3.05) is 0 Å². The fourth-order valence-electron chi connectivity index (χ4n) is 11.6. The molecule has 0 saturated carbocycles. The number of fused-ring (bicyclic) bond motifs is 18. The second-order valence-corrected chi connectivity index (χ2v) is 20.6. The highest BCUT2D eigenvalue weighted by atomic mass is 32.2. The third-order valence-electron chi connectivity index (χ3n) is 14.2. The zero-order chi connectivity index (χ0) is 40.7. The smallest absolute Gasteiger partial charge is 0.253 e. The van der Waals surface area contributed by atoms with Gasteiger partial charge in [-0.25, -0.2) is 0 Å². The van der Waals surface area contributed by atoms with Gasteiger partial charge in [0, 0.05) is 29.4 Å². The highest BCUT2D eigenvalue weighted by molar-refractivity contribution is 8.00. The lowest BCUT2D eigenvalue weighted by Crippen LogP contribution is -2.58. The van der Waals surface area contributed by atoms with E-state index in [1.54, 1.807) is 0 Å². The maximum absolute atomic E-state index is 7.04. The largest absolute Gasteiger partial charge is 0.458 e. The Bertz CT molecular complexity index is 3810. The molecule has 0 aromatic heterocycles. The van der Waals surface area contributed by atoms with E-state index in [0.29, 0.717) is 0 Å². The zero-order valence-corrected chi connectivity index (χ0v) is 35.7. The molecule has 288 valence electrons. The lowest BCUT2D eigenvalue weighted by atomic mass is 9.35. The van der Waals surface area contributed by atoms with Crippen LogP contribution in [0, 0.1) is 0 Å². The number of benzene rings is 10. The van der Waals surface area contributed by atoms with Crippen LogP contribution in [-0.4, -0.2) is 20.1 Å². The second-order valence-electron chi connectivity index (χ2n) is 17.3. The first-order valence-electron chi connectivity index (χ1n) is 21.5. The van der Waals surface area contributed by atoms with E-state index in [9.17, 15) is 0 Å². The molecule has 0 saturated heterocycles. The number of ether oxygens (including phenoxy) is 3. The Kier molecular flexibility index (Phi) is 6.62. The third kappa shape index (κ3) is 4.50. The maximum atomic E-state index is 7.04. The van der Waals surface area contributed by atoms with E-state index in [1.165, 1.54) is 100 Å². The van der Waals surface area contributed by atoms with Gasteiger partial charge in [-0.3, -0.25) is 0 Å². The molecule has 0 radical (unpaired) electrons. The lowest BCUT2D eigenvalue weighted by molar-refractivity contribution is 0.486. The van der Waals surface area contributed by atoms with E-state index in [1.807, 2.05) is 35.3 Å². The molecule has 10 aromatic carbocycles. The van der Waals surface area contributed by atoms with E-state index < -0.39 is 0 Å². The Morgan fingerprint density at radius 2 is 0.540 bits per heavy atom. The van der Waals surface area contributed by atoms with Crippen LogP contribution in [0.15, 0.2) is 193 Å². The molecule has 6 heterocycles. The normalized spacial score (nSPS) is 14.8. The molecule has 0 bridgehead atoms. The SMILES string of the molecule is c1ccc2c(c1)Sc1cccc3c1B2c1cc2c(cc1O3)c1cc3c(cc1c1cc4c(cc21)Oc1cccc2c1B4c1ccccc1S2)B1c2ccccc2Sc2cccc(c21)O3. The van der Waals surface area contributed by atoms with Gasteiger partial charge < -0.3 is 14.2 Å². The Balaban J connectivity index is 1.03. The quantitative estimate of drug-likeness (QED) is 0.113. The first-order chi connectivity index (χ1) is 31.2. The minimum absolute atomic E-state index is 0.0461. The third-order valence-corrected chi connectivity index (χ3v) is 17.7. The van der Waals surface area contributed by atoms with Gasteiger partial charge in [-0.2, -0.15) is 0 Å². The van der Waals surface area contributed by atoms with E-state index in [2.05, 4.69) is 164 Å². The van der Waals surface area contributed by atoms with E-state index in [0.717, 1.165) is 45.3 Å². The Labute approximate surface area is 376 Å². The Morgan fingerprint density at radius 1 is 0.254 bits per heavy atom. The molecule has 0 unspecified atom stereocenters. The van der Waals surface area contributed by atoms with E-state index in [-0.39, 0.29) is 20.1 Å². The van der Waals surface area contributed by atoms with Crippen molar-refractivity contribution in [2.24, 2.45) is 0 Å². The van der Waals surface area contributed by atoms with Crippen molar-refractivity contribution in [2.45, 2.75) is 29.4 Å². The van der Waals surface area contributed by atoms with Gasteiger partial charge in [-0.1, -0.05) is 143 Å². The fraction of sp³-hybridized carbons (Fsp3) is 0. The van der Waals surface area contributed by atoms with Gasteiger partial charge in [0.25, 0.3) is 20.1 Å². The average Bonchev–Trinajstić information content (AvgIpc) is 3.32. The second kappa shape index (κ2) is 12.2. The molecule has 6 aliphatic rings. The predicted molar refractivity (Wildman–Crippen MR) is 264 cm³/mol. The molecular weight excluding hydrogens is 825 g/mol. The Morgan fingerprint density at radius 3 is 0.873 bits per heavy atom. The van der Waals surface area contributed by atoms with Gasteiger partial charge in [0.15, 0.2) is 0 Å². The molecule has 10 aromatic rings. The van der Waals surface area contributed by atoms with E-state index >= 15 is 0 Å². The number of hydrogen-bond acceptors (Lipinski definition) is 6. The maximum Gasteiger partial charge on any atom is 0.253 e. The molecule has 3 nitrogen and oxygen atoms in total. The van der Waals surface area contributed by atoms with Crippen LogP contribution < -0.4 is 63.4 Å². The van der Waals surface area contributed by atoms with Gasteiger partial charge in [0.1, 0.15) is 34.5 Å². The predicted octanol–water partition coefficient (Wildman–Crippen LogP) is 8.41. The minimum atomic E-state index is 0.0461. The van der Waals surface area contributed by atoms with Crippen molar-refractivity contribution in [3.63, 3.8) is 0 Å². The van der Waals surface area contributed by atoms with Crippen LogP contribution in [0.5, 0.6) is 34.5 Å². The molecule has 63 heavy (non-hydrogen) atoms. The molecule has 0 fully saturated rings. The van der Waals surface area contributed by atoms with Gasteiger partial charge in [-0.05, 0) is 138 Å². The molecule has 6 aliphatic heterocycles. The summed E-state index contributed by atoms with van der Waals surface area (Å²) in [5.74, 6) is 5.54. The average molecular weight is 852 g/mol. The van der Waals surface area contributed by atoms with Crippen LogP contribution in [0.3, 0.4) is 0 Å². The topological polar surface area (TPSA) is 27.7 Å². The summed E-state index contributed by atoms with van der Waals surface area (Å²) in [6, 6.07) is 60.6. The molecule has 9 heteroatoms. The molecule has 0 amide bonds. The van der Waals surface area contributed by atoms with Crippen molar-refractivity contribution >= 4 is 137 Å². The van der Waals surface area contributed by atoms with Crippen LogP contribution in [0.4, 0.5) is 0 Å². The lowest BCUT2D eigenvalue weighted by Gasteiger charge is -2.34. The standard InChI is InChI=1S/C54H27B3O3S3/c1-4-16-46-34(10-1)55-37-22-28-29-23-38-44(59-41-14-8-20-50-53(41)56(38)35-11-2-5-17-47(35)62-50)26-32(29)33-27-45-39(24-30(33)31(28)25-43(37)58-40-13-7-19-49(61-46)52(40)55)57-36-12-3-6-18-48(36)63-51-21-9-15-42(60-45)54(51)57/h1-27H. The fourth-order valence-corrected chi connectivity index (χ4v) is 15.1. The van der Waals surface area contributed by atoms with Crippen LogP contribution in [-0.2, 0) is 0 Å². The summed E-state index contributed by atoms with van der Waals surface area (Å²) < 4.78 is 21.1. The van der Waals surface area contributed by atoms with Gasteiger partial charge in [-0.15, -0.1) is 0 Å². The van der Waals surface area contributed by atoms with Crippen molar-refractivity contribution in [1.82, 2.24) is 0 Å². The molecular formula is C54H27B3O3S3. The summed E-state index contributed by atoms with van der Waals surface area (Å²) in [6.07, 6.45) is 0. The molecule has 0 atom stereocenters.